The zero-order valence-corrected chi connectivity index (χ0v) is 16.2. The molecule has 0 radical (unpaired) electrons. The van der Waals surface area contributed by atoms with Gasteiger partial charge in [0.15, 0.2) is 11.6 Å². The molecular weight excluding hydrogens is 359 g/mol. The zero-order chi connectivity index (χ0) is 19.5. The summed E-state index contributed by atoms with van der Waals surface area (Å²) in [6.45, 7) is 3.84. The molecule has 0 unspecified atom stereocenters. The summed E-state index contributed by atoms with van der Waals surface area (Å²) in [7, 11) is 2.12. The molecule has 2 aliphatic rings. The molecule has 150 valence electrons. The standard InChI is InChI=1S/C20H27FN6O/c1-26-7-9-27(10-8-26)18-6-5-16(11-14(18)13-28)24-20-22-12-17(21)19(25-20)23-15-3-2-4-15/h5-6,11-12,15,28H,2-4,7-10,13H2,1H3,(H2,22,23,24,25). The van der Waals surface area contributed by atoms with E-state index >= 15 is 0 Å². The number of likely N-dealkylation sites (N-methyl/N-ethyl adjacent to an activating group) is 1. The Morgan fingerprint density at radius 1 is 1.21 bits per heavy atom. The normalized spacial score (nSPS) is 18.0. The van der Waals surface area contributed by atoms with E-state index in [0.29, 0.717) is 12.0 Å². The topological polar surface area (TPSA) is 76.5 Å². The number of aliphatic hydroxyl groups excluding tert-OH is 1. The van der Waals surface area contributed by atoms with Crippen LogP contribution in [0.1, 0.15) is 24.8 Å². The molecule has 1 saturated heterocycles. The fourth-order valence-corrected chi connectivity index (χ4v) is 3.55. The second kappa shape index (κ2) is 8.28. The number of aliphatic hydroxyl groups is 1. The van der Waals surface area contributed by atoms with Crippen LogP contribution in [0.5, 0.6) is 0 Å². The second-order valence-electron chi connectivity index (χ2n) is 7.58. The van der Waals surface area contributed by atoms with Gasteiger partial charge < -0.3 is 25.5 Å². The largest absolute Gasteiger partial charge is 0.392 e. The average Bonchev–Trinajstić information content (AvgIpc) is 2.67. The predicted octanol–water partition coefficient (Wildman–Crippen LogP) is 2.57. The second-order valence-corrected chi connectivity index (χ2v) is 7.58. The first-order chi connectivity index (χ1) is 13.6. The summed E-state index contributed by atoms with van der Waals surface area (Å²) in [5, 5.41) is 16.1. The maximum atomic E-state index is 14.0. The van der Waals surface area contributed by atoms with Gasteiger partial charge in [-0.25, -0.2) is 9.37 Å². The van der Waals surface area contributed by atoms with Crippen LogP contribution < -0.4 is 15.5 Å². The lowest BCUT2D eigenvalue weighted by Crippen LogP contribution is -2.44. The molecule has 1 aromatic carbocycles. The molecule has 1 aromatic heterocycles. The van der Waals surface area contributed by atoms with Crippen LogP contribution >= 0.6 is 0 Å². The van der Waals surface area contributed by atoms with Crippen molar-refractivity contribution in [3.05, 3.63) is 35.8 Å². The van der Waals surface area contributed by atoms with Gasteiger partial charge in [0.1, 0.15) is 0 Å². The molecule has 8 heteroatoms. The molecular formula is C20H27FN6O. The van der Waals surface area contributed by atoms with Gasteiger partial charge in [-0.1, -0.05) is 0 Å². The van der Waals surface area contributed by atoms with Crippen LogP contribution in [0, 0.1) is 5.82 Å². The fraction of sp³-hybridized carbons (Fsp3) is 0.500. The molecule has 1 saturated carbocycles. The van der Waals surface area contributed by atoms with Crippen molar-refractivity contribution < 1.29 is 9.50 Å². The van der Waals surface area contributed by atoms with E-state index in [2.05, 4.69) is 37.4 Å². The molecule has 2 fully saturated rings. The highest BCUT2D eigenvalue weighted by Gasteiger charge is 2.20. The monoisotopic (exact) mass is 386 g/mol. The first-order valence-corrected chi connectivity index (χ1v) is 9.86. The van der Waals surface area contributed by atoms with E-state index in [0.717, 1.165) is 56.0 Å². The molecule has 0 bridgehead atoms. The van der Waals surface area contributed by atoms with Gasteiger partial charge in [-0.2, -0.15) is 4.98 Å². The smallest absolute Gasteiger partial charge is 0.229 e. The van der Waals surface area contributed by atoms with Crippen LogP contribution in [0.2, 0.25) is 0 Å². The summed E-state index contributed by atoms with van der Waals surface area (Å²) in [4.78, 5) is 12.9. The van der Waals surface area contributed by atoms with Crippen LogP contribution in [0.15, 0.2) is 24.4 Å². The number of piperazine rings is 1. The van der Waals surface area contributed by atoms with Gasteiger partial charge in [-0.3, -0.25) is 0 Å². The minimum atomic E-state index is -0.445. The Morgan fingerprint density at radius 2 is 2.00 bits per heavy atom. The zero-order valence-electron chi connectivity index (χ0n) is 16.2. The van der Waals surface area contributed by atoms with E-state index in [1.54, 1.807) is 0 Å². The Labute approximate surface area is 164 Å². The average molecular weight is 386 g/mol. The van der Waals surface area contributed by atoms with E-state index in [-0.39, 0.29) is 12.4 Å². The van der Waals surface area contributed by atoms with E-state index < -0.39 is 5.82 Å². The highest BCUT2D eigenvalue weighted by molar-refractivity contribution is 5.64. The minimum Gasteiger partial charge on any atom is -0.392 e. The van der Waals surface area contributed by atoms with Crippen molar-refractivity contribution in [3.8, 4) is 0 Å². The van der Waals surface area contributed by atoms with Gasteiger partial charge in [-0.15, -0.1) is 0 Å². The number of hydrogen-bond donors (Lipinski definition) is 3. The third-order valence-corrected chi connectivity index (χ3v) is 5.54. The number of rotatable bonds is 6. The third-order valence-electron chi connectivity index (χ3n) is 5.54. The number of hydrogen-bond acceptors (Lipinski definition) is 7. The van der Waals surface area contributed by atoms with E-state index in [9.17, 15) is 9.50 Å². The Balaban J connectivity index is 1.49. The van der Waals surface area contributed by atoms with Crippen molar-refractivity contribution in [3.63, 3.8) is 0 Å². The Bertz CT molecular complexity index is 820. The maximum absolute atomic E-state index is 14.0. The van der Waals surface area contributed by atoms with Gasteiger partial charge in [0, 0.05) is 49.2 Å². The van der Waals surface area contributed by atoms with Gasteiger partial charge in [0.05, 0.1) is 12.8 Å². The first-order valence-electron chi connectivity index (χ1n) is 9.86. The molecule has 3 N–H and O–H groups in total. The van der Waals surface area contributed by atoms with E-state index in [4.69, 9.17) is 0 Å². The SMILES string of the molecule is CN1CCN(c2ccc(Nc3ncc(F)c(NC4CCC4)n3)cc2CO)CC1. The quantitative estimate of drug-likeness (QED) is 0.704. The van der Waals surface area contributed by atoms with Gasteiger partial charge in [0.2, 0.25) is 5.95 Å². The number of nitrogens with one attached hydrogen (secondary N) is 2. The van der Waals surface area contributed by atoms with Crippen molar-refractivity contribution in [2.75, 3.05) is 48.8 Å². The highest BCUT2D eigenvalue weighted by atomic mass is 19.1. The number of nitrogens with zero attached hydrogens (tertiary/aromatic N) is 4. The van der Waals surface area contributed by atoms with Crippen LogP contribution in [0.25, 0.3) is 0 Å². The summed E-state index contributed by atoms with van der Waals surface area (Å²) >= 11 is 0. The molecule has 1 aliphatic heterocycles. The van der Waals surface area contributed by atoms with Crippen molar-refractivity contribution in [1.82, 2.24) is 14.9 Å². The van der Waals surface area contributed by atoms with Crippen molar-refractivity contribution in [2.45, 2.75) is 31.9 Å². The lowest BCUT2D eigenvalue weighted by Gasteiger charge is -2.35. The molecule has 2 aromatic rings. The predicted molar refractivity (Wildman–Crippen MR) is 109 cm³/mol. The minimum absolute atomic E-state index is 0.0457. The van der Waals surface area contributed by atoms with Crippen LogP contribution in [-0.2, 0) is 6.61 Å². The fourth-order valence-electron chi connectivity index (χ4n) is 3.55. The first kappa shape index (κ1) is 18.9. The Morgan fingerprint density at radius 3 is 2.68 bits per heavy atom. The van der Waals surface area contributed by atoms with Crippen molar-refractivity contribution in [2.24, 2.45) is 0 Å². The van der Waals surface area contributed by atoms with Gasteiger partial charge in [0.25, 0.3) is 0 Å². The molecule has 0 spiro atoms. The van der Waals surface area contributed by atoms with Crippen LogP contribution in [0.4, 0.5) is 27.5 Å². The summed E-state index contributed by atoms with van der Waals surface area (Å²) in [6.07, 6.45) is 4.43. The van der Waals surface area contributed by atoms with Crippen molar-refractivity contribution in [1.29, 1.82) is 0 Å². The van der Waals surface area contributed by atoms with Crippen molar-refractivity contribution >= 4 is 23.1 Å². The van der Waals surface area contributed by atoms with E-state index in [1.807, 2.05) is 18.2 Å². The Hall–Kier alpha value is -2.45. The summed E-state index contributed by atoms with van der Waals surface area (Å²) in [5.74, 6) is 0.122. The molecule has 0 amide bonds. The molecule has 2 heterocycles. The molecule has 0 atom stereocenters. The number of aromatic nitrogens is 2. The lowest BCUT2D eigenvalue weighted by atomic mass is 9.93. The highest BCUT2D eigenvalue weighted by Crippen LogP contribution is 2.28. The summed E-state index contributed by atoms with van der Waals surface area (Å²) in [5.41, 5.74) is 2.67. The Kier molecular flexibility index (Phi) is 5.59. The molecule has 28 heavy (non-hydrogen) atoms. The van der Waals surface area contributed by atoms with Crippen LogP contribution in [0.3, 0.4) is 0 Å². The summed E-state index contributed by atoms with van der Waals surface area (Å²) in [6, 6.07) is 6.15. The van der Waals surface area contributed by atoms with Gasteiger partial charge >= 0.3 is 0 Å². The summed E-state index contributed by atoms with van der Waals surface area (Å²) < 4.78 is 14.0. The van der Waals surface area contributed by atoms with E-state index in [1.165, 1.54) is 12.6 Å². The number of halogens is 1. The third kappa shape index (κ3) is 4.18. The number of benzene rings is 1. The lowest BCUT2D eigenvalue weighted by molar-refractivity contribution is 0.280. The van der Waals surface area contributed by atoms with Gasteiger partial charge in [-0.05, 0) is 44.5 Å². The van der Waals surface area contributed by atoms with Crippen LogP contribution in [-0.4, -0.2) is 59.2 Å². The molecule has 1 aliphatic carbocycles. The number of anilines is 4. The molecule has 4 rings (SSSR count). The maximum Gasteiger partial charge on any atom is 0.229 e. The molecule has 7 nitrogen and oxygen atoms in total.